The molecule has 0 bridgehead atoms. The first kappa shape index (κ1) is 15.8. The normalized spacial score (nSPS) is 28.5. The Hall–Kier alpha value is 0.380. The molecule has 1 fully saturated rings. The van der Waals surface area contributed by atoms with Crippen LogP contribution >= 0.6 is 38.9 Å². The van der Waals surface area contributed by atoms with Gasteiger partial charge in [-0.3, -0.25) is 0 Å². The molecule has 1 aromatic rings. The second-order valence-electron chi connectivity index (χ2n) is 5.26. The highest BCUT2D eigenvalue weighted by Crippen LogP contribution is 2.35. The van der Waals surface area contributed by atoms with Crippen LogP contribution in [0.5, 0.6) is 0 Å². The largest absolute Gasteiger partial charge is 0.251 e. The molecular weight excluding hydrogens is 370 g/mol. The molecule has 0 radical (unpaired) electrons. The minimum atomic E-state index is -3.50. The minimum Gasteiger partial charge on any atom is -0.206 e. The maximum atomic E-state index is 12.4. The summed E-state index contributed by atoms with van der Waals surface area (Å²) < 4.78 is 28.7. The Labute approximate surface area is 131 Å². The number of hydrogen-bond donors (Lipinski definition) is 1. The van der Waals surface area contributed by atoms with E-state index in [1.165, 1.54) is 11.3 Å². The summed E-state index contributed by atoms with van der Waals surface area (Å²) in [5.41, 5.74) is -0.490. The van der Waals surface area contributed by atoms with Gasteiger partial charge in [-0.05, 0) is 59.0 Å². The van der Waals surface area contributed by atoms with Crippen molar-refractivity contribution >= 4 is 48.9 Å². The van der Waals surface area contributed by atoms with Gasteiger partial charge in [-0.1, -0.05) is 6.92 Å². The summed E-state index contributed by atoms with van der Waals surface area (Å²) in [6.07, 6.45) is 3.64. The maximum absolute atomic E-state index is 12.4. The van der Waals surface area contributed by atoms with E-state index in [9.17, 15) is 8.42 Å². The topological polar surface area (TPSA) is 46.2 Å². The van der Waals surface area contributed by atoms with E-state index in [2.05, 4.69) is 27.6 Å². The molecule has 1 aliphatic carbocycles. The average molecular weight is 387 g/mol. The van der Waals surface area contributed by atoms with Gasteiger partial charge in [0.05, 0.1) is 0 Å². The summed E-state index contributed by atoms with van der Waals surface area (Å²) in [7, 11) is -3.50. The van der Waals surface area contributed by atoms with Crippen molar-refractivity contribution in [2.45, 2.75) is 42.4 Å². The third kappa shape index (κ3) is 3.53. The molecule has 0 atom stereocenters. The summed E-state index contributed by atoms with van der Waals surface area (Å²) in [5.74, 6) is 0.969. The van der Waals surface area contributed by atoms with E-state index < -0.39 is 15.6 Å². The first-order chi connectivity index (χ1) is 8.88. The van der Waals surface area contributed by atoms with Gasteiger partial charge in [0.15, 0.2) is 0 Å². The first-order valence-corrected chi connectivity index (χ1v) is 9.90. The molecule has 2 rings (SSSR count). The van der Waals surface area contributed by atoms with Crippen molar-refractivity contribution in [3.05, 3.63) is 15.9 Å². The van der Waals surface area contributed by atoms with E-state index in [0.29, 0.717) is 20.5 Å². The summed E-state index contributed by atoms with van der Waals surface area (Å²) in [4.78, 5) is 0. The average Bonchev–Trinajstić information content (AvgIpc) is 2.79. The van der Waals surface area contributed by atoms with Gasteiger partial charge >= 0.3 is 0 Å². The van der Waals surface area contributed by atoms with Crippen molar-refractivity contribution in [1.29, 1.82) is 0 Å². The number of rotatable bonds is 4. The third-order valence-corrected chi connectivity index (χ3v) is 8.43. The van der Waals surface area contributed by atoms with Crippen LogP contribution < -0.4 is 4.72 Å². The van der Waals surface area contributed by atoms with E-state index in [1.807, 2.05) is 0 Å². The molecule has 0 amide bonds. The predicted octanol–water partition coefficient (Wildman–Crippen LogP) is 3.98. The lowest BCUT2D eigenvalue weighted by Crippen LogP contribution is -2.51. The Bertz CT molecular complexity index is 536. The van der Waals surface area contributed by atoms with Crippen LogP contribution in [0.2, 0.25) is 0 Å². The molecule has 0 aliphatic heterocycles. The molecule has 1 aromatic heterocycles. The van der Waals surface area contributed by atoms with Crippen molar-refractivity contribution in [2.75, 3.05) is 5.88 Å². The van der Waals surface area contributed by atoms with Crippen LogP contribution in [-0.2, 0) is 10.0 Å². The minimum absolute atomic E-state index is 0.321. The molecule has 1 N–H and O–H groups in total. The Kier molecular flexibility index (Phi) is 4.99. The number of hydrogen-bond acceptors (Lipinski definition) is 3. The molecule has 0 unspecified atom stereocenters. The van der Waals surface area contributed by atoms with E-state index >= 15 is 0 Å². The van der Waals surface area contributed by atoms with Crippen LogP contribution in [0.25, 0.3) is 0 Å². The van der Waals surface area contributed by atoms with Crippen molar-refractivity contribution in [3.63, 3.8) is 0 Å². The highest BCUT2D eigenvalue weighted by Gasteiger charge is 2.38. The molecule has 19 heavy (non-hydrogen) atoms. The van der Waals surface area contributed by atoms with Gasteiger partial charge in [0.1, 0.15) is 4.21 Å². The molecule has 7 heteroatoms. The van der Waals surface area contributed by atoms with Gasteiger partial charge in [0.25, 0.3) is 10.0 Å². The number of thiophene rings is 1. The fourth-order valence-corrected chi connectivity index (χ4v) is 6.59. The summed E-state index contributed by atoms with van der Waals surface area (Å²) in [5, 5.41) is 1.76. The second kappa shape index (κ2) is 6.02. The standard InChI is InChI=1S/C12H17BrClNO2S2/c1-9-2-5-12(8-14,6-3-9)15-19(16,17)11-10(13)4-7-18-11/h4,7,9,15H,2-3,5-6,8H2,1H3. The highest BCUT2D eigenvalue weighted by atomic mass is 79.9. The quantitative estimate of drug-likeness (QED) is 0.796. The van der Waals surface area contributed by atoms with E-state index in [4.69, 9.17) is 11.6 Å². The molecule has 0 spiro atoms. The summed E-state index contributed by atoms with van der Waals surface area (Å²) >= 11 is 10.5. The number of nitrogens with one attached hydrogen (secondary N) is 1. The lowest BCUT2D eigenvalue weighted by atomic mass is 9.79. The predicted molar refractivity (Wildman–Crippen MR) is 83.4 cm³/mol. The molecule has 3 nitrogen and oxygen atoms in total. The van der Waals surface area contributed by atoms with Crippen molar-refractivity contribution < 1.29 is 8.42 Å². The van der Waals surface area contributed by atoms with E-state index in [-0.39, 0.29) is 0 Å². The van der Waals surface area contributed by atoms with Crippen molar-refractivity contribution in [1.82, 2.24) is 4.72 Å². The number of alkyl halides is 1. The van der Waals surface area contributed by atoms with Crippen LogP contribution in [-0.4, -0.2) is 19.8 Å². The van der Waals surface area contributed by atoms with Crippen molar-refractivity contribution in [2.24, 2.45) is 5.92 Å². The zero-order chi connectivity index (χ0) is 14.1. The van der Waals surface area contributed by atoms with Crippen LogP contribution in [0.4, 0.5) is 0 Å². The number of halogens is 2. The Morgan fingerprint density at radius 3 is 2.63 bits per heavy atom. The van der Waals surface area contributed by atoms with Gasteiger partial charge < -0.3 is 0 Å². The lowest BCUT2D eigenvalue weighted by molar-refractivity contribution is 0.247. The summed E-state index contributed by atoms with van der Waals surface area (Å²) in [6.45, 7) is 2.20. The second-order valence-corrected chi connectivity index (χ2v) is 9.17. The Morgan fingerprint density at radius 2 is 2.16 bits per heavy atom. The van der Waals surface area contributed by atoms with Gasteiger partial charge in [-0.15, -0.1) is 22.9 Å². The van der Waals surface area contributed by atoms with Gasteiger partial charge in [-0.2, -0.15) is 0 Å². The fraction of sp³-hybridized carbons (Fsp3) is 0.667. The lowest BCUT2D eigenvalue weighted by Gasteiger charge is -2.38. The molecule has 1 heterocycles. The monoisotopic (exact) mass is 385 g/mol. The molecule has 108 valence electrons. The molecule has 0 saturated heterocycles. The SMILES string of the molecule is CC1CCC(CCl)(NS(=O)(=O)c2sccc2Br)CC1. The fourth-order valence-electron chi connectivity index (χ4n) is 2.38. The van der Waals surface area contributed by atoms with Crippen molar-refractivity contribution in [3.8, 4) is 0 Å². The smallest absolute Gasteiger partial charge is 0.206 e. The molecule has 1 aliphatic rings. The van der Waals surface area contributed by atoms with Crippen LogP contribution in [0.1, 0.15) is 32.6 Å². The van der Waals surface area contributed by atoms with E-state index in [0.717, 1.165) is 25.7 Å². The van der Waals surface area contributed by atoms with Crippen LogP contribution in [0.15, 0.2) is 20.1 Å². The zero-order valence-corrected chi connectivity index (χ0v) is 14.6. The van der Waals surface area contributed by atoms with Gasteiger partial charge in [-0.25, -0.2) is 13.1 Å². The maximum Gasteiger partial charge on any atom is 0.251 e. The Balaban J connectivity index is 2.21. The first-order valence-electron chi connectivity index (χ1n) is 6.21. The molecule has 1 saturated carbocycles. The van der Waals surface area contributed by atoms with Gasteiger partial charge in [0.2, 0.25) is 0 Å². The zero-order valence-electron chi connectivity index (χ0n) is 10.7. The number of sulfonamides is 1. The van der Waals surface area contributed by atoms with Crippen LogP contribution in [0, 0.1) is 5.92 Å². The molecule has 0 aromatic carbocycles. The molecular formula is C12H17BrClNO2S2. The summed E-state index contributed by atoms with van der Waals surface area (Å²) in [6, 6.07) is 1.75. The van der Waals surface area contributed by atoms with E-state index in [1.54, 1.807) is 11.4 Å². The third-order valence-electron chi connectivity index (χ3n) is 3.67. The van der Waals surface area contributed by atoms with Gasteiger partial charge in [0, 0.05) is 15.9 Å². The van der Waals surface area contributed by atoms with Crippen LogP contribution in [0.3, 0.4) is 0 Å². The Morgan fingerprint density at radius 1 is 1.53 bits per heavy atom. The highest BCUT2D eigenvalue weighted by molar-refractivity contribution is 9.10.